The Bertz CT molecular complexity index is 1200. The Labute approximate surface area is 203 Å². The fraction of sp³-hybridized carbons (Fsp3) is 0.185. The van der Waals surface area contributed by atoms with Crippen LogP contribution in [0.15, 0.2) is 60.7 Å². The van der Waals surface area contributed by atoms with Gasteiger partial charge in [-0.2, -0.15) is 0 Å². The van der Waals surface area contributed by atoms with Crippen LogP contribution in [0.2, 0.25) is 0 Å². The van der Waals surface area contributed by atoms with Crippen molar-refractivity contribution in [3.8, 4) is 34.5 Å². The standard InChI is InChI=1S/C27H26O8/c1-30-20-11-13-23(31-2)21(16-20)22(28)12-8-17-6-9-19(10-7-17)35-27(29)18-14-24(32-3)26(34-5)25(15-18)33-4/h6-16H,1-5H3/b12-8+. The first kappa shape index (κ1) is 25.2. The Morgan fingerprint density at radius 1 is 0.657 bits per heavy atom. The van der Waals surface area contributed by atoms with Crippen LogP contribution < -0.4 is 28.4 Å². The van der Waals surface area contributed by atoms with E-state index in [1.807, 2.05) is 0 Å². The van der Waals surface area contributed by atoms with Crippen LogP contribution in [-0.2, 0) is 0 Å². The molecule has 0 aliphatic carbocycles. The summed E-state index contributed by atoms with van der Waals surface area (Å²) < 4.78 is 31.7. The van der Waals surface area contributed by atoms with Crippen molar-refractivity contribution in [3.05, 3.63) is 77.4 Å². The van der Waals surface area contributed by atoms with Crippen molar-refractivity contribution < 1.29 is 38.0 Å². The van der Waals surface area contributed by atoms with Gasteiger partial charge in [0.1, 0.15) is 17.2 Å². The lowest BCUT2D eigenvalue weighted by Gasteiger charge is -2.13. The topological polar surface area (TPSA) is 89.5 Å². The third kappa shape index (κ3) is 5.92. The van der Waals surface area contributed by atoms with Crippen molar-refractivity contribution in [1.29, 1.82) is 0 Å². The molecule has 0 N–H and O–H groups in total. The van der Waals surface area contributed by atoms with Gasteiger partial charge in [0.2, 0.25) is 5.75 Å². The second-order valence-electron chi connectivity index (χ2n) is 7.14. The van der Waals surface area contributed by atoms with Gasteiger partial charge >= 0.3 is 5.97 Å². The number of ether oxygens (including phenoxy) is 6. The maximum absolute atomic E-state index is 12.7. The summed E-state index contributed by atoms with van der Waals surface area (Å²) in [5, 5.41) is 0. The number of methoxy groups -OCH3 is 5. The van der Waals surface area contributed by atoms with Crippen LogP contribution in [-0.4, -0.2) is 47.3 Å². The second kappa shape index (κ2) is 11.6. The van der Waals surface area contributed by atoms with Gasteiger partial charge in [0, 0.05) is 0 Å². The number of esters is 1. The average molecular weight is 478 g/mol. The monoisotopic (exact) mass is 478 g/mol. The van der Waals surface area contributed by atoms with Crippen LogP contribution in [0.1, 0.15) is 26.3 Å². The highest BCUT2D eigenvalue weighted by Gasteiger charge is 2.18. The minimum atomic E-state index is -0.590. The Morgan fingerprint density at radius 3 is 1.80 bits per heavy atom. The summed E-state index contributed by atoms with van der Waals surface area (Å²) in [6.07, 6.45) is 3.10. The lowest BCUT2D eigenvalue weighted by atomic mass is 10.1. The van der Waals surface area contributed by atoms with Crippen LogP contribution in [0.5, 0.6) is 34.5 Å². The van der Waals surface area contributed by atoms with E-state index in [1.54, 1.807) is 48.5 Å². The van der Waals surface area contributed by atoms with Crippen LogP contribution >= 0.6 is 0 Å². The molecule has 0 aliphatic heterocycles. The fourth-order valence-corrected chi connectivity index (χ4v) is 3.28. The van der Waals surface area contributed by atoms with Crippen molar-refractivity contribution in [1.82, 2.24) is 0 Å². The lowest BCUT2D eigenvalue weighted by Crippen LogP contribution is -2.09. The zero-order chi connectivity index (χ0) is 25.4. The number of benzene rings is 3. The SMILES string of the molecule is COc1ccc(OC)c(C(=O)/C=C/c2ccc(OC(=O)c3cc(OC)c(OC)c(OC)c3)cc2)c1. The molecule has 0 heterocycles. The first-order chi connectivity index (χ1) is 16.9. The molecule has 0 atom stereocenters. The van der Waals surface area contributed by atoms with E-state index in [0.29, 0.717) is 40.1 Å². The first-order valence-corrected chi connectivity index (χ1v) is 10.5. The molecule has 3 aromatic rings. The summed E-state index contributed by atoms with van der Waals surface area (Å²) >= 11 is 0. The van der Waals surface area contributed by atoms with Crippen molar-refractivity contribution in [2.75, 3.05) is 35.5 Å². The van der Waals surface area contributed by atoms with Gasteiger partial charge in [0.05, 0.1) is 46.7 Å². The summed E-state index contributed by atoms with van der Waals surface area (Å²) in [6.45, 7) is 0. The number of allylic oxidation sites excluding steroid dienone is 1. The van der Waals surface area contributed by atoms with Crippen LogP contribution in [0.25, 0.3) is 6.08 Å². The normalized spacial score (nSPS) is 10.5. The molecule has 0 radical (unpaired) electrons. The van der Waals surface area contributed by atoms with Gasteiger partial charge < -0.3 is 28.4 Å². The molecule has 8 nitrogen and oxygen atoms in total. The largest absolute Gasteiger partial charge is 0.497 e. The number of carbonyl (C=O) groups excluding carboxylic acids is 2. The molecule has 0 amide bonds. The Kier molecular flexibility index (Phi) is 8.34. The first-order valence-electron chi connectivity index (χ1n) is 10.5. The quantitative estimate of drug-likeness (QED) is 0.177. The number of carbonyl (C=O) groups is 2. The van der Waals surface area contributed by atoms with Crippen molar-refractivity contribution >= 4 is 17.8 Å². The molecule has 3 rings (SSSR count). The van der Waals surface area contributed by atoms with Crippen LogP contribution in [0, 0.1) is 0 Å². The smallest absolute Gasteiger partial charge is 0.343 e. The molecule has 182 valence electrons. The molecule has 0 spiro atoms. The highest BCUT2D eigenvalue weighted by atomic mass is 16.5. The minimum absolute atomic E-state index is 0.237. The van der Waals surface area contributed by atoms with Crippen LogP contribution in [0.3, 0.4) is 0 Å². The van der Waals surface area contributed by atoms with Crippen molar-refractivity contribution in [2.24, 2.45) is 0 Å². The molecule has 8 heteroatoms. The van der Waals surface area contributed by atoms with Crippen molar-refractivity contribution in [3.63, 3.8) is 0 Å². The molecule has 0 fully saturated rings. The summed E-state index contributed by atoms with van der Waals surface area (Å²) in [7, 11) is 7.44. The minimum Gasteiger partial charge on any atom is -0.497 e. The average Bonchev–Trinajstić information content (AvgIpc) is 2.90. The van der Waals surface area contributed by atoms with Crippen molar-refractivity contribution in [2.45, 2.75) is 0 Å². The highest BCUT2D eigenvalue weighted by Crippen LogP contribution is 2.38. The third-order valence-corrected chi connectivity index (χ3v) is 5.09. The molecule has 0 unspecified atom stereocenters. The molecule has 35 heavy (non-hydrogen) atoms. The molecular weight excluding hydrogens is 452 g/mol. The van der Waals surface area contributed by atoms with Gasteiger partial charge in [-0.05, 0) is 54.1 Å². The van der Waals surface area contributed by atoms with Gasteiger partial charge in [0.15, 0.2) is 17.3 Å². The Morgan fingerprint density at radius 2 is 1.26 bits per heavy atom. The Hall–Kier alpha value is -4.46. The zero-order valence-corrected chi connectivity index (χ0v) is 20.1. The molecule has 0 saturated heterocycles. The van der Waals surface area contributed by atoms with Gasteiger partial charge in [-0.15, -0.1) is 0 Å². The number of ketones is 1. The second-order valence-corrected chi connectivity index (χ2v) is 7.14. The number of hydrogen-bond donors (Lipinski definition) is 0. The van der Waals surface area contributed by atoms with E-state index in [0.717, 1.165) is 5.56 Å². The molecule has 0 aliphatic rings. The lowest BCUT2D eigenvalue weighted by molar-refractivity contribution is 0.0733. The maximum Gasteiger partial charge on any atom is 0.343 e. The van der Waals surface area contributed by atoms with E-state index in [1.165, 1.54) is 53.8 Å². The third-order valence-electron chi connectivity index (χ3n) is 5.09. The van der Waals surface area contributed by atoms with Crippen LogP contribution in [0.4, 0.5) is 0 Å². The highest BCUT2D eigenvalue weighted by molar-refractivity contribution is 6.08. The van der Waals surface area contributed by atoms with Gasteiger partial charge in [-0.25, -0.2) is 4.79 Å². The molecule has 3 aromatic carbocycles. The predicted octanol–water partition coefficient (Wildman–Crippen LogP) is 4.84. The fourth-order valence-electron chi connectivity index (χ4n) is 3.28. The zero-order valence-electron chi connectivity index (χ0n) is 20.1. The molecule has 0 bridgehead atoms. The van der Waals surface area contributed by atoms with E-state index in [2.05, 4.69) is 0 Å². The van der Waals surface area contributed by atoms with Gasteiger partial charge in [-0.1, -0.05) is 18.2 Å². The summed E-state index contributed by atoms with van der Waals surface area (Å²) in [4.78, 5) is 25.3. The van der Waals surface area contributed by atoms with Gasteiger partial charge in [-0.3, -0.25) is 4.79 Å². The van der Waals surface area contributed by atoms with E-state index < -0.39 is 5.97 Å². The number of rotatable bonds is 10. The molecule has 0 saturated carbocycles. The summed E-state index contributed by atoms with van der Waals surface area (Å²) in [5.41, 5.74) is 1.37. The van der Waals surface area contributed by atoms with E-state index >= 15 is 0 Å². The molecule has 0 aromatic heterocycles. The van der Waals surface area contributed by atoms with E-state index in [-0.39, 0.29) is 11.3 Å². The summed E-state index contributed by atoms with van der Waals surface area (Å²) in [5.74, 6) is 1.58. The van der Waals surface area contributed by atoms with Gasteiger partial charge in [0.25, 0.3) is 0 Å². The Balaban J connectivity index is 1.73. The number of hydrogen-bond acceptors (Lipinski definition) is 8. The van der Waals surface area contributed by atoms with E-state index in [9.17, 15) is 9.59 Å². The van der Waals surface area contributed by atoms with E-state index in [4.69, 9.17) is 28.4 Å². The predicted molar refractivity (Wildman–Crippen MR) is 130 cm³/mol. The maximum atomic E-state index is 12.7. The molecular formula is C27H26O8. The summed E-state index contributed by atoms with van der Waals surface area (Å²) in [6, 6.07) is 14.8.